The number of pyridine rings is 1. The molecule has 2 N–H and O–H groups in total. The van der Waals surface area contributed by atoms with Crippen molar-refractivity contribution in [2.45, 2.75) is 45.4 Å². The van der Waals surface area contributed by atoms with Crippen LogP contribution in [0.3, 0.4) is 0 Å². The normalized spacial score (nSPS) is 16.7. The predicted molar refractivity (Wildman–Crippen MR) is 108 cm³/mol. The molecule has 1 saturated heterocycles. The molecule has 0 bridgehead atoms. The van der Waals surface area contributed by atoms with Gasteiger partial charge in [-0.25, -0.2) is 4.68 Å². The maximum atomic E-state index is 11.6. The van der Waals surface area contributed by atoms with Crippen LogP contribution >= 0.6 is 0 Å². The number of nitrogens with zero attached hydrogens (tertiary/aromatic N) is 3. The number of aliphatic hydroxyl groups is 1. The molecule has 152 valence electrons. The van der Waals surface area contributed by atoms with E-state index in [0.717, 1.165) is 36.8 Å². The topological polar surface area (TPSA) is 98.5 Å². The lowest BCUT2D eigenvalue weighted by Crippen LogP contribution is -2.19. The maximum absolute atomic E-state index is 11.6. The highest BCUT2D eigenvalue weighted by molar-refractivity contribution is 5.90. The van der Waals surface area contributed by atoms with E-state index in [4.69, 9.17) is 9.47 Å². The average molecular weight is 396 g/mol. The van der Waals surface area contributed by atoms with Gasteiger partial charge in [0, 0.05) is 24.5 Å². The van der Waals surface area contributed by atoms with Crippen molar-refractivity contribution in [1.29, 1.82) is 0 Å². The van der Waals surface area contributed by atoms with Crippen LogP contribution in [0.15, 0.2) is 36.7 Å². The standard InChI is InChI=1S/C21H24N4O4/c1-2-20(27)23-14-9-16(12-22-11-14)29-15-6-7-19-17(10-15)18(13-26)24-25(19)21-5-3-4-8-28-21/h6-7,9-12,21,26H,2-5,8,13H2,1H3,(H,23,27). The number of ether oxygens (including phenoxy) is 2. The van der Waals surface area contributed by atoms with Gasteiger partial charge in [-0.1, -0.05) is 6.92 Å². The van der Waals surface area contributed by atoms with Gasteiger partial charge in [0.1, 0.15) is 11.5 Å². The van der Waals surface area contributed by atoms with Gasteiger partial charge in [-0.05, 0) is 37.5 Å². The second-order valence-electron chi connectivity index (χ2n) is 6.96. The molecule has 8 nitrogen and oxygen atoms in total. The van der Waals surface area contributed by atoms with Crippen molar-refractivity contribution in [2.24, 2.45) is 0 Å². The lowest BCUT2D eigenvalue weighted by atomic mass is 10.1. The number of nitrogens with one attached hydrogen (secondary N) is 1. The van der Waals surface area contributed by atoms with Crippen molar-refractivity contribution in [2.75, 3.05) is 11.9 Å². The van der Waals surface area contributed by atoms with Crippen LogP contribution in [0.25, 0.3) is 10.9 Å². The molecule has 2 aromatic heterocycles. The summed E-state index contributed by atoms with van der Waals surface area (Å²) in [5.74, 6) is 1.01. The second kappa shape index (κ2) is 8.59. The maximum Gasteiger partial charge on any atom is 0.224 e. The zero-order chi connectivity index (χ0) is 20.2. The van der Waals surface area contributed by atoms with Crippen LogP contribution in [0.2, 0.25) is 0 Å². The van der Waals surface area contributed by atoms with Gasteiger partial charge in [0.05, 0.1) is 35.9 Å². The summed E-state index contributed by atoms with van der Waals surface area (Å²) in [7, 11) is 0. The monoisotopic (exact) mass is 396 g/mol. The second-order valence-corrected chi connectivity index (χ2v) is 6.96. The number of hydrogen-bond donors (Lipinski definition) is 2. The summed E-state index contributed by atoms with van der Waals surface area (Å²) in [6.07, 6.45) is 6.50. The molecule has 3 heterocycles. The van der Waals surface area contributed by atoms with Crippen molar-refractivity contribution in [3.8, 4) is 11.5 Å². The summed E-state index contributed by atoms with van der Waals surface area (Å²) < 4.78 is 13.6. The number of hydrogen-bond acceptors (Lipinski definition) is 6. The fourth-order valence-electron chi connectivity index (χ4n) is 3.43. The van der Waals surface area contributed by atoms with E-state index < -0.39 is 0 Å². The van der Waals surface area contributed by atoms with Crippen molar-refractivity contribution in [3.63, 3.8) is 0 Å². The Kier molecular flexibility index (Phi) is 5.73. The summed E-state index contributed by atoms with van der Waals surface area (Å²) in [6.45, 7) is 2.34. The molecule has 0 aliphatic carbocycles. The number of aliphatic hydroxyl groups excluding tert-OH is 1. The third-order valence-electron chi connectivity index (χ3n) is 4.89. The number of anilines is 1. The van der Waals surface area contributed by atoms with E-state index in [1.165, 1.54) is 0 Å². The van der Waals surface area contributed by atoms with Crippen LogP contribution in [0, 0.1) is 0 Å². The van der Waals surface area contributed by atoms with Gasteiger partial charge < -0.3 is 19.9 Å². The molecule has 1 fully saturated rings. The van der Waals surface area contributed by atoms with Gasteiger partial charge in [-0.3, -0.25) is 9.78 Å². The fraction of sp³-hybridized carbons (Fsp3) is 0.381. The number of aromatic nitrogens is 3. The van der Waals surface area contributed by atoms with Gasteiger partial charge in [-0.2, -0.15) is 5.10 Å². The molecule has 1 aliphatic heterocycles. The van der Waals surface area contributed by atoms with Gasteiger partial charge in [0.25, 0.3) is 0 Å². The molecule has 1 unspecified atom stereocenters. The van der Waals surface area contributed by atoms with Crippen LogP contribution in [-0.2, 0) is 16.1 Å². The Balaban J connectivity index is 1.60. The first-order valence-corrected chi connectivity index (χ1v) is 9.84. The van der Waals surface area contributed by atoms with E-state index in [1.807, 2.05) is 22.9 Å². The van der Waals surface area contributed by atoms with Gasteiger partial charge in [-0.15, -0.1) is 0 Å². The molecule has 0 saturated carbocycles. The highest BCUT2D eigenvalue weighted by atomic mass is 16.5. The molecule has 1 aromatic carbocycles. The van der Waals surface area contributed by atoms with Crippen LogP contribution < -0.4 is 10.1 Å². The number of fused-ring (bicyclic) bond motifs is 1. The van der Waals surface area contributed by atoms with E-state index in [9.17, 15) is 9.90 Å². The van der Waals surface area contributed by atoms with Gasteiger partial charge >= 0.3 is 0 Å². The molecule has 29 heavy (non-hydrogen) atoms. The van der Waals surface area contributed by atoms with Gasteiger partial charge in [0.2, 0.25) is 5.91 Å². The Hall–Kier alpha value is -2.97. The van der Waals surface area contributed by atoms with Crippen molar-refractivity contribution in [1.82, 2.24) is 14.8 Å². The molecule has 8 heteroatoms. The highest BCUT2D eigenvalue weighted by Crippen LogP contribution is 2.32. The summed E-state index contributed by atoms with van der Waals surface area (Å²) in [6, 6.07) is 7.34. The average Bonchev–Trinajstić information content (AvgIpc) is 3.12. The Morgan fingerprint density at radius 2 is 2.21 bits per heavy atom. The van der Waals surface area contributed by atoms with E-state index in [2.05, 4.69) is 15.4 Å². The molecule has 4 rings (SSSR count). The van der Waals surface area contributed by atoms with Crippen molar-refractivity contribution >= 4 is 22.5 Å². The van der Waals surface area contributed by atoms with E-state index in [0.29, 0.717) is 29.3 Å². The Morgan fingerprint density at radius 3 is 2.97 bits per heavy atom. The van der Waals surface area contributed by atoms with E-state index in [1.54, 1.807) is 25.4 Å². The Morgan fingerprint density at radius 1 is 1.31 bits per heavy atom. The summed E-state index contributed by atoms with van der Waals surface area (Å²) in [5.41, 5.74) is 2.06. The van der Waals surface area contributed by atoms with Crippen LogP contribution in [-0.4, -0.2) is 32.4 Å². The first-order chi connectivity index (χ1) is 14.2. The minimum absolute atomic E-state index is 0.0877. The summed E-state index contributed by atoms with van der Waals surface area (Å²) in [4.78, 5) is 15.7. The molecular weight excluding hydrogens is 372 g/mol. The van der Waals surface area contributed by atoms with Crippen LogP contribution in [0.1, 0.15) is 44.5 Å². The first kappa shape index (κ1) is 19.4. The third kappa shape index (κ3) is 4.23. The number of amides is 1. The molecule has 1 aliphatic rings. The molecule has 1 atom stereocenters. The highest BCUT2D eigenvalue weighted by Gasteiger charge is 2.21. The minimum Gasteiger partial charge on any atom is -0.456 e. The molecule has 3 aromatic rings. The molecular formula is C21H24N4O4. The van der Waals surface area contributed by atoms with Gasteiger partial charge in [0.15, 0.2) is 6.23 Å². The lowest BCUT2D eigenvalue weighted by Gasteiger charge is -2.23. The molecule has 0 radical (unpaired) electrons. The smallest absolute Gasteiger partial charge is 0.224 e. The quantitative estimate of drug-likeness (QED) is 0.658. The number of carbonyl (C=O) groups is 1. The third-order valence-corrected chi connectivity index (χ3v) is 4.89. The predicted octanol–water partition coefficient (Wildman–Crippen LogP) is 3.76. The van der Waals surface area contributed by atoms with Crippen LogP contribution in [0.5, 0.6) is 11.5 Å². The first-order valence-electron chi connectivity index (χ1n) is 9.84. The molecule has 0 spiro atoms. The molecule has 1 amide bonds. The van der Waals surface area contributed by atoms with Crippen molar-refractivity contribution in [3.05, 3.63) is 42.4 Å². The van der Waals surface area contributed by atoms with Crippen molar-refractivity contribution < 1.29 is 19.4 Å². The largest absolute Gasteiger partial charge is 0.456 e. The van der Waals surface area contributed by atoms with E-state index >= 15 is 0 Å². The van der Waals surface area contributed by atoms with Crippen LogP contribution in [0.4, 0.5) is 5.69 Å². The summed E-state index contributed by atoms with van der Waals surface area (Å²) in [5, 5.41) is 17.9. The Labute approximate surface area is 168 Å². The number of carbonyl (C=O) groups excluding carboxylic acids is 1. The zero-order valence-electron chi connectivity index (χ0n) is 16.3. The Bertz CT molecular complexity index is 1010. The zero-order valence-corrected chi connectivity index (χ0v) is 16.3. The fourth-order valence-corrected chi connectivity index (χ4v) is 3.43. The summed E-state index contributed by atoms with van der Waals surface area (Å²) >= 11 is 0. The lowest BCUT2D eigenvalue weighted by molar-refractivity contribution is -0.115. The SMILES string of the molecule is CCC(=O)Nc1cncc(Oc2ccc3c(c2)c(CO)nn3C2CCCCO2)c1. The number of benzene rings is 1. The van der Waals surface area contributed by atoms with E-state index in [-0.39, 0.29) is 18.7 Å². The minimum atomic E-state index is -0.167. The number of rotatable bonds is 6.